The van der Waals surface area contributed by atoms with Gasteiger partial charge in [-0.15, -0.1) is 0 Å². The zero-order valence-electron chi connectivity index (χ0n) is 12.1. The molecule has 0 aliphatic heterocycles. The number of nitrogens with zero attached hydrogens (tertiary/aromatic N) is 1. The fourth-order valence-corrected chi connectivity index (χ4v) is 1.88. The van der Waals surface area contributed by atoms with Crippen LogP contribution in [0.1, 0.15) is 24.2 Å². The first kappa shape index (κ1) is 15.3. The summed E-state index contributed by atoms with van der Waals surface area (Å²) in [6.45, 7) is 5.20. The van der Waals surface area contributed by atoms with Gasteiger partial charge in [-0.1, -0.05) is 0 Å². The van der Waals surface area contributed by atoms with E-state index in [1.165, 1.54) is 0 Å². The third kappa shape index (κ3) is 4.79. The molecule has 0 radical (unpaired) electrons. The molecule has 0 bridgehead atoms. The van der Waals surface area contributed by atoms with Gasteiger partial charge >= 0.3 is 0 Å². The average molecular weight is 265 g/mol. The van der Waals surface area contributed by atoms with Crippen LogP contribution >= 0.6 is 0 Å². The SMILES string of the molecule is CCOc1ccc(C(=O)NC(C)CN(C)C)cc1N. The lowest BCUT2D eigenvalue weighted by molar-refractivity contribution is 0.0934. The van der Waals surface area contributed by atoms with Gasteiger partial charge in [0.15, 0.2) is 0 Å². The lowest BCUT2D eigenvalue weighted by atomic mass is 10.1. The van der Waals surface area contributed by atoms with E-state index in [0.29, 0.717) is 23.6 Å². The van der Waals surface area contributed by atoms with E-state index in [9.17, 15) is 4.79 Å². The van der Waals surface area contributed by atoms with Crippen LogP contribution in [-0.2, 0) is 0 Å². The Morgan fingerprint density at radius 3 is 2.68 bits per heavy atom. The molecule has 1 aromatic carbocycles. The highest BCUT2D eigenvalue weighted by Crippen LogP contribution is 2.22. The molecule has 1 aromatic rings. The van der Waals surface area contributed by atoms with E-state index < -0.39 is 0 Å². The highest BCUT2D eigenvalue weighted by atomic mass is 16.5. The second-order valence-electron chi connectivity index (χ2n) is 4.82. The minimum atomic E-state index is -0.121. The number of anilines is 1. The molecule has 0 saturated heterocycles. The van der Waals surface area contributed by atoms with E-state index in [1.54, 1.807) is 18.2 Å². The monoisotopic (exact) mass is 265 g/mol. The van der Waals surface area contributed by atoms with Gasteiger partial charge in [0, 0.05) is 18.2 Å². The molecular formula is C14H23N3O2. The van der Waals surface area contributed by atoms with Crippen LogP contribution in [0.3, 0.4) is 0 Å². The maximum absolute atomic E-state index is 12.0. The van der Waals surface area contributed by atoms with Crippen molar-refractivity contribution in [1.82, 2.24) is 10.2 Å². The van der Waals surface area contributed by atoms with Crippen molar-refractivity contribution in [2.45, 2.75) is 19.9 Å². The Labute approximate surface area is 114 Å². The smallest absolute Gasteiger partial charge is 0.251 e. The van der Waals surface area contributed by atoms with Crippen LogP contribution in [0.2, 0.25) is 0 Å². The molecule has 5 heteroatoms. The number of carbonyl (C=O) groups excluding carboxylic acids is 1. The molecule has 0 spiro atoms. The molecule has 0 aliphatic carbocycles. The zero-order chi connectivity index (χ0) is 14.4. The van der Waals surface area contributed by atoms with Crippen molar-refractivity contribution in [3.63, 3.8) is 0 Å². The number of nitrogens with one attached hydrogen (secondary N) is 1. The van der Waals surface area contributed by atoms with Gasteiger partial charge in [-0.3, -0.25) is 4.79 Å². The average Bonchev–Trinajstić information content (AvgIpc) is 2.30. The fourth-order valence-electron chi connectivity index (χ4n) is 1.88. The second-order valence-corrected chi connectivity index (χ2v) is 4.82. The van der Waals surface area contributed by atoms with Crippen LogP contribution in [0.15, 0.2) is 18.2 Å². The molecule has 0 saturated carbocycles. The molecule has 19 heavy (non-hydrogen) atoms. The number of nitrogens with two attached hydrogens (primary N) is 1. The van der Waals surface area contributed by atoms with Gasteiger partial charge in [0.2, 0.25) is 0 Å². The number of benzene rings is 1. The molecule has 1 amide bonds. The first-order valence-electron chi connectivity index (χ1n) is 6.42. The molecule has 0 aromatic heterocycles. The highest BCUT2D eigenvalue weighted by molar-refractivity contribution is 5.95. The van der Waals surface area contributed by atoms with Crippen LogP contribution in [0, 0.1) is 0 Å². The second kappa shape index (κ2) is 6.99. The van der Waals surface area contributed by atoms with E-state index in [-0.39, 0.29) is 11.9 Å². The standard InChI is InChI=1S/C14H23N3O2/c1-5-19-13-7-6-11(8-12(13)15)14(18)16-10(2)9-17(3)4/h6-8,10H,5,9,15H2,1-4H3,(H,16,18). The number of ether oxygens (including phenoxy) is 1. The summed E-state index contributed by atoms with van der Waals surface area (Å²) in [6.07, 6.45) is 0. The Balaban J connectivity index is 2.69. The molecule has 0 heterocycles. The van der Waals surface area contributed by atoms with Crippen molar-refractivity contribution >= 4 is 11.6 Å². The van der Waals surface area contributed by atoms with Gasteiger partial charge in [0.25, 0.3) is 5.91 Å². The van der Waals surface area contributed by atoms with Crippen LogP contribution in [-0.4, -0.2) is 44.1 Å². The normalized spacial score (nSPS) is 12.3. The molecule has 3 N–H and O–H groups in total. The Morgan fingerprint density at radius 2 is 2.16 bits per heavy atom. The minimum absolute atomic E-state index is 0.0790. The van der Waals surface area contributed by atoms with Gasteiger partial charge in [-0.2, -0.15) is 0 Å². The predicted octanol–water partition coefficient (Wildman–Crippen LogP) is 1.35. The summed E-state index contributed by atoms with van der Waals surface area (Å²) in [5.74, 6) is 0.490. The van der Waals surface area contributed by atoms with Crippen LogP contribution in [0.25, 0.3) is 0 Å². The van der Waals surface area contributed by atoms with Crippen LogP contribution in [0.4, 0.5) is 5.69 Å². The van der Waals surface area contributed by atoms with Gasteiger partial charge in [0.1, 0.15) is 5.75 Å². The molecule has 1 unspecified atom stereocenters. The third-order valence-corrected chi connectivity index (χ3v) is 2.59. The number of rotatable bonds is 6. The van der Waals surface area contributed by atoms with E-state index in [4.69, 9.17) is 10.5 Å². The summed E-state index contributed by atoms with van der Waals surface area (Å²) in [7, 11) is 3.94. The Kier molecular flexibility index (Phi) is 5.63. The van der Waals surface area contributed by atoms with Crippen molar-refractivity contribution in [3.05, 3.63) is 23.8 Å². The van der Waals surface area contributed by atoms with E-state index in [0.717, 1.165) is 6.54 Å². The predicted molar refractivity (Wildman–Crippen MR) is 77.5 cm³/mol. The quantitative estimate of drug-likeness (QED) is 0.762. The maximum atomic E-state index is 12.0. The van der Waals surface area contributed by atoms with Crippen molar-refractivity contribution in [2.75, 3.05) is 33.0 Å². The number of likely N-dealkylation sites (N-methyl/N-ethyl adjacent to an activating group) is 1. The number of hydrogen-bond donors (Lipinski definition) is 2. The molecule has 0 fully saturated rings. The van der Waals surface area contributed by atoms with Crippen molar-refractivity contribution < 1.29 is 9.53 Å². The van der Waals surface area contributed by atoms with Gasteiger partial charge < -0.3 is 20.7 Å². The summed E-state index contributed by atoms with van der Waals surface area (Å²) < 4.78 is 5.34. The molecule has 5 nitrogen and oxygen atoms in total. The number of hydrogen-bond acceptors (Lipinski definition) is 4. The highest BCUT2D eigenvalue weighted by Gasteiger charge is 2.12. The van der Waals surface area contributed by atoms with E-state index in [1.807, 2.05) is 32.8 Å². The lowest BCUT2D eigenvalue weighted by Crippen LogP contribution is -2.39. The Morgan fingerprint density at radius 1 is 1.47 bits per heavy atom. The van der Waals surface area contributed by atoms with Crippen LogP contribution < -0.4 is 15.8 Å². The first-order valence-corrected chi connectivity index (χ1v) is 6.42. The summed E-state index contributed by atoms with van der Waals surface area (Å²) in [6, 6.07) is 5.17. The van der Waals surface area contributed by atoms with E-state index in [2.05, 4.69) is 5.32 Å². The summed E-state index contributed by atoms with van der Waals surface area (Å²) in [5.41, 5.74) is 6.87. The fraction of sp³-hybridized carbons (Fsp3) is 0.500. The van der Waals surface area contributed by atoms with Gasteiger partial charge in [-0.05, 0) is 46.1 Å². The minimum Gasteiger partial charge on any atom is -0.492 e. The zero-order valence-corrected chi connectivity index (χ0v) is 12.1. The molecule has 1 atom stereocenters. The van der Waals surface area contributed by atoms with Crippen molar-refractivity contribution in [1.29, 1.82) is 0 Å². The third-order valence-electron chi connectivity index (χ3n) is 2.59. The molecular weight excluding hydrogens is 242 g/mol. The van der Waals surface area contributed by atoms with Crippen LogP contribution in [0.5, 0.6) is 5.75 Å². The van der Waals surface area contributed by atoms with Gasteiger partial charge in [-0.25, -0.2) is 0 Å². The molecule has 0 aliphatic rings. The first-order chi connectivity index (χ1) is 8.93. The van der Waals surface area contributed by atoms with Gasteiger partial charge in [0.05, 0.1) is 12.3 Å². The number of carbonyl (C=O) groups is 1. The molecule has 1 rings (SSSR count). The largest absolute Gasteiger partial charge is 0.492 e. The Hall–Kier alpha value is -1.75. The topological polar surface area (TPSA) is 67.6 Å². The lowest BCUT2D eigenvalue weighted by Gasteiger charge is -2.18. The summed E-state index contributed by atoms with van der Waals surface area (Å²) in [5, 5.41) is 2.93. The van der Waals surface area contributed by atoms with Crippen molar-refractivity contribution in [3.8, 4) is 5.75 Å². The number of amides is 1. The summed E-state index contributed by atoms with van der Waals surface area (Å²) >= 11 is 0. The molecule has 106 valence electrons. The van der Waals surface area contributed by atoms with E-state index >= 15 is 0 Å². The summed E-state index contributed by atoms with van der Waals surface area (Å²) in [4.78, 5) is 14.1. The Bertz CT molecular complexity index is 433. The number of nitrogen functional groups attached to an aromatic ring is 1. The maximum Gasteiger partial charge on any atom is 0.251 e. The van der Waals surface area contributed by atoms with Crippen molar-refractivity contribution in [2.24, 2.45) is 0 Å².